The Labute approximate surface area is 149 Å². The van der Waals surface area contributed by atoms with Crippen LogP contribution in [0.1, 0.15) is 27.2 Å². The second-order valence-corrected chi connectivity index (χ2v) is 4.38. The van der Waals surface area contributed by atoms with Gasteiger partial charge < -0.3 is 25.4 Å². The van der Waals surface area contributed by atoms with E-state index in [1.165, 1.54) is 0 Å². The van der Waals surface area contributed by atoms with Gasteiger partial charge in [0.2, 0.25) is 17.7 Å². The summed E-state index contributed by atoms with van der Waals surface area (Å²) in [5.41, 5.74) is 0. The van der Waals surface area contributed by atoms with Crippen LogP contribution in [0.15, 0.2) is 0 Å². The minimum absolute atomic E-state index is 0.0201. The van der Waals surface area contributed by atoms with E-state index in [1.807, 2.05) is 13.8 Å². The highest BCUT2D eigenvalue weighted by Gasteiger charge is 2.02. The third-order valence-electron chi connectivity index (χ3n) is 2.48. The fraction of sp³-hybridized carbons (Fsp3) is 0.800. The predicted molar refractivity (Wildman–Crippen MR) is 92.4 cm³/mol. The number of rotatable bonds is 14. The first-order valence-electron chi connectivity index (χ1n) is 8.37. The molecular weight excluding hydrogens is 332 g/mol. The van der Waals surface area contributed by atoms with Gasteiger partial charge in [0.05, 0.1) is 19.8 Å². The number of nitrogens with one attached hydrogen (secondary N) is 3. The van der Waals surface area contributed by atoms with Gasteiger partial charge in [-0.05, 0) is 0 Å². The molecular formula is C15H32N4O6. The van der Waals surface area contributed by atoms with Crippen molar-refractivity contribution in [3.05, 3.63) is 0 Å². The molecule has 10 nitrogen and oxygen atoms in total. The van der Waals surface area contributed by atoms with Crippen LogP contribution >= 0.6 is 0 Å². The lowest BCUT2D eigenvalue weighted by Gasteiger charge is -2.08. The van der Waals surface area contributed by atoms with Crippen LogP contribution < -0.4 is 21.8 Å². The Morgan fingerprint density at radius 3 is 1.84 bits per heavy atom. The molecule has 0 spiro atoms. The summed E-state index contributed by atoms with van der Waals surface area (Å²) in [6.07, 6.45) is 0.447. The van der Waals surface area contributed by atoms with E-state index in [1.54, 1.807) is 6.92 Å². The summed E-state index contributed by atoms with van der Waals surface area (Å²) < 4.78 is 10.3. The molecule has 0 atom stereocenters. The molecule has 3 amide bonds. The van der Waals surface area contributed by atoms with Crippen LogP contribution in [0.25, 0.3) is 0 Å². The molecule has 10 heteroatoms. The summed E-state index contributed by atoms with van der Waals surface area (Å²) >= 11 is 0. The highest BCUT2D eigenvalue weighted by atomic mass is 16.6. The number of carbonyl (C=O) groups excluding carboxylic acids is 3. The van der Waals surface area contributed by atoms with E-state index in [9.17, 15) is 14.4 Å². The van der Waals surface area contributed by atoms with Gasteiger partial charge >= 0.3 is 0 Å². The van der Waals surface area contributed by atoms with E-state index < -0.39 is 0 Å². The second kappa shape index (κ2) is 20.3. The largest absolute Gasteiger partial charge is 0.377 e. The maximum Gasteiger partial charge on any atom is 0.248 e. The fourth-order valence-electron chi connectivity index (χ4n) is 1.35. The van der Waals surface area contributed by atoms with Gasteiger partial charge in [0.1, 0.15) is 13.2 Å². The lowest BCUT2D eigenvalue weighted by Crippen LogP contribution is -2.38. The van der Waals surface area contributed by atoms with Crippen molar-refractivity contribution in [2.24, 2.45) is 5.90 Å². The third kappa shape index (κ3) is 20.2. The van der Waals surface area contributed by atoms with E-state index in [4.69, 9.17) is 15.4 Å². The third-order valence-corrected chi connectivity index (χ3v) is 2.48. The molecule has 5 N–H and O–H groups in total. The number of ether oxygens (including phenoxy) is 2. The zero-order valence-electron chi connectivity index (χ0n) is 15.4. The van der Waals surface area contributed by atoms with E-state index in [0.29, 0.717) is 26.2 Å². The van der Waals surface area contributed by atoms with Crippen molar-refractivity contribution in [3.63, 3.8) is 0 Å². The Kier molecular flexibility index (Phi) is 20.7. The van der Waals surface area contributed by atoms with Gasteiger partial charge in [0.25, 0.3) is 0 Å². The zero-order valence-corrected chi connectivity index (χ0v) is 15.4. The molecule has 0 rings (SSSR count). The van der Waals surface area contributed by atoms with E-state index >= 15 is 0 Å². The maximum absolute atomic E-state index is 11.4. The fourth-order valence-corrected chi connectivity index (χ4v) is 1.35. The molecule has 148 valence electrons. The summed E-state index contributed by atoms with van der Waals surface area (Å²) in [6.45, 7) is 7.49. The van der Waals surface area contributed by atoms with Crippen molar-refractivity contribution in [1.82, 2.24) is 16.0 Å². The molecule has 0 unspecified atom stereocenters. The number of hydrogen-bond acceptors (Lipinski definition) is 7. The van der Waals surface area contributed by atoms with E-state index in [2.05, 4.69) is 20.8 Å². The molecule has 0 bridgehead atoms. The topological polar surface area (TPSA) is 141 Å². The Hall–Kier alpha value is -1.75. The monoisotopic (exact) mass is 364 g/mol. The quantitative estimate of drug-likeness (QED) is 0.222. The van der Waals surface area contributed by atoms with Gasteiger partial charge in [-0.3, -0.25) is 19.2 Å². The predicted octanol–water partition coefficient (Wildman–Crippen LogP) is -1.31. The van der Waals surface area contributed by atoms with Gasteiger partial charge in [-0.15, -0.1) is 0 Å². The van der Waals surface area contributed by atoms with Gasteiger partial charge in [-0.25, -0.2) is 5.90 Å². The molecule has 0 heterocycles. The number of carbonyl (C=O) groups is 3. The normalized spacial score (nSPS) is 9.60. The first kappa shape index (κ1) is 25.5. The number of hydrogen-bond donors (Lipinski definition) is 4. The highest BCUT2D eigenvalue weighted by molar-refractivity contribution is 5.78. The standard InChI is InChI=1S/C13H26N4O6.C2H6/c1-2-11(18)17-5-6-21-7-8-22-9-12(19)15-3-4-16-13(20)10-23-14;1-2/h2-10,14H2,1H3,(H,15,19)(H,16,20)(H,17,18);1-2H3. The lowest BCUT2D eigenvalue weighted by molar-refractivity contribution is -0.127. The molecule has 0 aliphatic carbocycles. The minimum Gasteiger partial charge on any atom is -0.377 e. The lowest BCUT2D eigenvalue weighted by atomic mass is 10.4. The average Bonchev–Trinajstić information content (AvgIpc) is 2.62. The Bertz CT molecular complexity index is 355. The van der Waals surface area contributed by atoms with Gasteiger partial charge in [-0.1, -0.05) is 20.8 Å². The Balaban J connectivity index is 0. The van der Waals surface area contributed by atoms with E-state index in [0.717, 1.165) is 0 Å². The second-order valence-electron chi connectivity index (χ2n) is 4.38. The number of amides is 3. The molecule has 0 aromatic rings. The molecule has 0 aromatic carbocycles. The summed E-state index contributed by atoms with van der Waals surface area (Å²) in [4.78, 5) is 37.4. The van der Waals surface area contributed by atoms with E-state index in [-0.39, 0.29) is 50.6 Å². The smallest absolute Gasteiger partial charge is 0.248 e. The van der Waals surface area contributed by atoms with Crippen LogP contribution in [-0.4, -0.2) is 70.4 Å². The molecule has 0 aliphatic rings. The molecule has 0 saturated heterocycles. The maximum atomic E-state index is 11.4. The van der Waals surface area contributed by atoms with Gasteiger partial charge in [0.15, 0.2) is 0 Å². The van der Waals surface area contributed by atoms with Crippen LogP contribution in [0.3, 0.4) is 0 Å². The zero-order chi connectivity index (χ0) is 19.3. The highest BCUT2D eigenvalue weighted by Crippen LogP contribution is 1.80. The SMILES string of the molecule is CC.CCC(=O)NCCOCCOCC(=O)NCCNC(=O)CON. The van der Waals surface area contributed by atoms with Crippen molar-refractivity contribution < 1.29 is 28.7 Å². The molecule has 0 saturated carbocycles. The summed E-state index contributed by atoms with van der Waals surface area (Å²) in [5.74, 6) is 4.07. The van der Waals surface area contributed by atoms with Crippen LogP contribution in [-0.2, 0) is 28.7 Å². The summed E-state index contributed by atoms with van der Waals surface area (Å²) in [7, 11) is 0. The van der Waals surface area contributed by atoms with Gasteiger partial charge in [0, 0.05) is 26.1 Å². The molecule has 0 aromatic heterocycles. The van der Waals surface area contributed by atoms with Crippen molar-refractivity contribution in [3.8, 4) is 0 Å². The van der Waals surface area contributed by atoms with Crippen molar-refractivity contribution >= 4 is 17.7 Å². The first-order valence-corrected chi connectivity index (χ1v) is 8.37. The Morgan fingerprint density at radius 2 is 1.28 bits per heavy atom. The van der Waals surface area contributed by atoms with Crippen LogP contribution in [0, 0.1) is 0 Å². The first-order chi connectivity index (χ1) is 12.1. The van der Waals surface area contributed by atoms with Crippen molar-refractivity contribution in [2.75, 3.05) is 52.7 Å². The number of nitrogens with two attached hydrogens (primary N) is 1. The van der Waals surface area contributed by atoms with Crippen LogP contribution in [0.4, 0.5) is 0 Å². The summed E-state index contributed by atoms with van der Waals surface area (Å²) in [5, 5.41) is 7.74. The summed E-state index contributed by atoms with van der Waals surface area (Å²) in [6, 6.07) is 0. The Morgan fingerprint density at radius 1 is 0.760 bits per heavy atom. The molecule has 0 fully saturated rings. The molecule has 0 aliphatic heterocycles. The average molecular weight is 364 g/mol. The van der Waals surface area contributed by atoms with Crippen molar-refractivity contribution in [2.45, 2.75) is 27.2 Å². The van der Waals surface area contributed by atoms with Crippen LogP contribution in [0.2, 0.25) is 0 Å². The van der Waals surface area contributed by atoms with Crippen LogP contribution in [0.5, 0.6) is 0 Å². The van der Waals surface area contributed by atoms with Crippen molar-refractivity contribution in [1.29, 1.82) is 0 Å². The molecule has 0 radical (unpaired) electrons. The minimum atomic E-state index is -0.356. The van der Waals surface area contributed by atoms with Gasteiger partial charge in [-0.2, -0.15) is 0 Å². The molecule has 25 heavy (non-hydrogen) atoms.